The summed E-state index contributed by atoms with van der Waals surface area (Å²) < 4.78 is 3.95. The van der Waals surface area contributed by atoms with Gasteiger partial charge in [0.25, 0.3) is 5.91 Å². The normalized spacial score (nSPS) is 13.0. The predicted molar refractivity (Wildman–Crippen MR) is 106 cm³/mol. The molecular weight excluding hydrogens is 350 g/mol. The summed E-state index contributed by atoms with van der Waals surface area (Å²) >= 11 is 0. The molecule has 0 saturated heterocycles. The maximum Gasteiger partial charge on any atom is 0.273 e. The number of carbonyl (C=O) groups excluding carboxylic acids is 1. The smallest absolute Gasteiger partial charge is 0.273 e. The van der Waals surface area contributed by atoms with Crippen LogP contribution in [0.1, 0.15) is 21.7 Å². The Balaban J connectivity index is 1.61. The van der Waals surface area contributed by atoms with Crippen LogP contribution in [0.25, 0.3) is 16.9 Å². The van der Waals surface area contributed by atoms with Crippen LogP contribution in [0.3, 0.4) is 0 Å². The van der Waals surface area contributed by atoms with Crippen LogP contribution in [0.15, 0.2) is 73.2 Å². The molecule has 3 aromatic heterocycles. The molecule has 4 aromatic rings. The lowest BCUT2D eigenvalue weighted by atomic mass is 10.1. The third-order valence-corrected chi connectivity index (χ3v) is 5.14. The minimum atomic E-state index is -0.0759. The van der Waals surface area contributed by atoms with E-state index in [2.05, 4.69) is 15.6 Å². The maximum absolute atomic E-state index is 13.1. The van der Waals surface area contributed by atoms with Crippen molar-refractivity contribution in [2.45, 2.75) is 13.1 Å². The van der Waals surface area contributed by atoms with Gasteiger partial charge >= 0.3 is 0 Å². The average Bonchev–Trinajstić information content (AvgIpc) is 3.28. The quantitative estimate of drug-likeness (QED) is 0.544. The molecule has 0 saturated carbocycles. The van der Waals surface area contributed by atoms with Crippen LogP contribution in [-0.2, 0) is 20.1 Å². The fourth-order valence-corrected chi connectivity index (χ4v) is 3.68. The number of para-hydroxylation sites is 1. The molecule has 138 valence electrons. The van der Waals surface area contributed by atoms with E-state index in [0.717, 1.165) is 28.2 Å². The molecule has 6 heteroatoms. The molecule has 0 bridgehead atoms. The van der Waals surface area contributed by atoms with Gasteiger partial charge in [0.1, 0.15) is 5.69 Å². The van der Waals surface area contributed by atoms with Crippen molar-refractivity contribution in [3.8, 4) is 16.9 Å². The lowest BCUT2D eigenvalue weighted by Gasteiger charge is -2.21. The van der Waals surface area contributed by atoms with E-state index in [1.807, 2.05) is 71.5 Å². The summed E-state index contributed by atoms with van der Waals surface area (Å²) in [4.78, 5) is 19.2. The highest BCUT2D eigenvalue weighted by molar-refractivity contribution is 5.92. The summed E-state index contributed by atoms with van der Waals surface area (Å²) in [6.07, 6.45) is 5.69. The summed E-state index contributed by atoms with van der Waals surface area (Å²) in [5.41, 5.74) is 5.55. The van der Waals surface area contributed by atoms with Crippen molar-refractivity contribution >= 4 is 5.91 Å². The second-order valence-corrected chi connectivity index (χ2v) is 6.95. The Labute approximate surface area is 162 Å². The van der Waals surface area contributed by atoms with Gasteiger partial charge < -0.3 is 9.47 Å². The lowest BCUT2D eigenvalue weighted by Crippen LogP contribution is -2.30. The van der Waals surface area contributed by atoms with Crippen molar-refractivity contribution in [2.75, 3.05) is 0 Å². The number of hydrogen-bond donors (Lipinski definition) is 0. The minimum Gasteiger partial charge on any atom is -0.352 e. The topological polar surface area (TPSA) is 56.0 Å². The number of pyridine rings is 1. The van der Waals surface area contributed by atoms with Crippen LogP contribution in [0.2, 0.25) is 0 Å². The number of benzene rings is 1. The molecule has 1 amide bonds. The monoisotopic (exact) mass is 369 g/mol. The number of aryl methyl sites for hydroxylation is 1. The summed E-state index contributed by atoms with van der Waals surface area (Å²) in [6.45, 7) is 1.02. The molecular formula is C22H19N5O. The number of amides is 1. The number of fused-ring (bicyclic) bond motifs is 3. The van der Waals surface area contributed by atoms with Gasteiger partial charge in [0, 0.05) is 42.5 Å². The molecule has 0 fully saturated rings. The highest BCUT2D eigenvalue weighted by Crippen LogP contribution is 2.33. The first-order valence-electron chi connectivity index (χ1n) is 9.19. The van der Waals surface area contributed by atoms with Crippen LogP contribution in [-0.4, -0.2) is 30.1 Å². The van der Waals surface area contributed by atoms with Gasteiger partial charge in [-0.25, -0.2) is 4.68 Å². The zero-order valence-electron chi connectivity index (χ0n) is 15.5. The molecule has 4 heterocycles. The van der Waals surface area contributed by atoms with Crippen LogP contribution >= 0.6 is 0 Å². The average molecular weight is 369 g/mol. The summed E-state index contributed by atoms with van der Waals surface area (Å²) in [7, 11) is 2.00. The third kappa shape index (κ3) is 2.70. The largest absolute Gasteiger partial charge is 0.352 e. The van der Waals surface area contributed by atoms with Gasteiger partial charge in [-0.2, -0.15) is 5.10 Å². The highest BCUT2D eigenvalue weighted by Gasteiger charge is 2.28. The molecule has 1 aliphatic heterocycles. The molecule has 0 unspecified atom stereocenters. The molecule has 1 aliphatic rings. The van der Waals surface area contributed by atoms with E-state index in [9.17, 15) is 4.79 Å². The molecule has 0 radical (unpaired) electrons. The van der Waals surface area contributed by atoms with Crippen LogP contribution in [0.5, 0.6) is 0 Å². The van der Waals surface area contributed by atoms with Crippen LogP contribution in [0.4, 0.5) is 0 Å². The van der Waals surface area contributed by atoms with Gasteiger partial charge in [-0.15, -0.1) is 0 Å². The Morgan fingerprint density at radius 3 is 2.61 bits per heavy atom. The zero-order valence-corrected chi connectivity index (χ0v) is 15.5. The van der Waals surface area contributed by atoms with E-state index in [1.54, 1.807) is 12.3 Å². The first kappa shape index (κ1) is 16.5. The molecule has 28 heavy (non-hydrogen) atoms. The van der Waals surface area contributed by atoms with Gasteiger partial charge in [0.15, 0.2) is 0 Å². The zero-order chi connectivity index (χ0) is 19.1. The Bertz CT molecular complexity index is 1140. The maximum atomic E-state index is 13.1. The van der Waals surface area contributed by atoms with Gasteiger partial charge in [-0.1, -0.05) is 24.3 Å². The van der Waals surface area contributed by atoms with E-state index in [0.29, 0.717) is 18.8 Å². The second-order valence-electron chi connectivity index (χ2n) is 6.95. The van der Waals surface area contributed by atoms with Gasteiger partial charge in [0.2, 0.25) is 0 Å². The Kier molecular flexibility index (Phi) is 3.83. The first-order chi connectivity index (χ1) is 13.7. The number of rotatable bonds is 2. The minimum absolute atomic E-state index is 0.0759. The van der Waals surface area contributed by atoms with E-state index < -0.39 is 0 Å². The van der Waals surface area contributed by atoms with Gasteiger partial charge in [-0.05, 0) is 30.3 Å². The van der Waals surface area contributed by atoms with Crippen molar-refractivity contribution in [3.05, 3.63) is 90.1 Å². The molecule has 6 nitrogen and oxygen atoms in total. The lowest BCUT2D eigenvalue weighted by molar-refractivity contribution is 0.0723. The van der Waals surface area contributed by atoms with Gasteiger partial charge in [-0.3, -0.25) is 9.78 Å². The fraction of sp³-hybridized carbons (Fsp3) is 0.136. The SMILES string of the molecule is Cn1ccc2c1CN(C(=O)c1ccccn1)Cc1cn(-c3ccccc3)nc1-2. The van der Waals surface area contributed by atoms with Crippen LogP contribution in [0, 0.1) is 0 Å². The standard InChI is InChI=1S/C22H19N5O/c1-25-12-10-18-20(25)15-26(22(28)19-9-5-6-11-23-19)13-16-14-27(24-21(16)18)17-7-3-2-4-8-17/h2-12,14H,13,15H2,1H3. The van der Waals surface area contributed by atoms with E-state index in [1.165, 1.54) is 0 Å². The molecule has 5 rings (SSSR count). The molecule has 0 aliphatic carbocycles. The predicted octanol–water partition coefficient (Wildman–Crippen LogP) is 3.43. The van der Waals surface area contributed by atoms with E-state index in [-0.39, 0.29) is 5.91 Å². The molecule has 0 spiro atoms. The van der Waals surface area contributed by atoms with Crippen molar-refractivity contribution in [3.63, 3.8) is 0 Å². The Hall–Kier alpha value is -3.67. The second kappa shape index (κ2) is 6.49. The number of aromatic nitrogens is 4. The molecule has 0 N–H and O–H groups in total. The Morgan fingerprint density at radius 2 is 1.82 bits per heavy atom. The van der Waals surface area contributed by atoms with E-state index >= 15 is 0 Å². The van der Waals surface area contributed by atoms with Crippen LogP contribution < -0.4 is 0 Å². The number of hydrogen-bond acceptors (Lipinski definition) is 3. The third-order valence-electron chi connectivity index (χ3n) is 5.14. The number of nitrogens with zero attached hydrogens (tertiary/aromatic N) is 5. The first-order valence-corrected chi connectivity index (χ1v) is 9.19. The van der Waals surface area contributed by atoms with E-state index in [4.69, 9.17) is 5.10 Å². The molecule has 0 atom stereocenters. The fourth-order valence-electron chi connectivity index (χ4n) is 3.68. The Morgan fingerprint density at radius 1 is 1.00 bits per heavy atom. The number of carbonyl (C=O) groups is 1. The van der Waals surface area contributed by atoms with Crippen molar-refractivity contribution in [1.29, 1.82) is 0 Å². The van der Waals surface area contributed by atoms with Gasteiger partial charge in [0.05, 0.1) is 24.5 Å². The summed E-state index contributed by atoms with van der Waals surface area (Å²) in [5, 5.41) is 4.85. The summed E-state index contributed by atoms with van der Waals surface area (Å²) in [6, 6.07) is 17.5. The van der Waals surface area contributed by atoms with Crippen molar-refractivity contribution in [1.82, 2.24) is 24.2 Å². The summed E-state index contributed by atoms with van der Waals surface area (Å²) in [5.74, 6) is -0.0759. The van der Waals surface area contributed by atoms with Crippen molar-refractivity contribution in [2.24, 2.45) is 7.05 Å². The van der Waals surface area contributed by atoms with Crippen molar-refractivity contribution < 1.29 is 4.79 Å². The highest BCUT2D eigenvalue weighted by atomic mass is 16.2. The molecule has 1 aromatic carbocycles.